The molecule has 13 heavy (non-hydrogen) atoms. The maximum absolute atomic E-state index is 10.8. The highest BCUT2D eigenvalue weighted by Crippen LogP contribution is 2.43. The summed E-state index contributed by atoms with van der Waals surface area (Å²) in [6, 6.07) is 0. The Morgan fingerprint density at radius 1 is 1.54 bits per heavy atom. The van der Waals surface area contributed by atoms with Crippen molar-refractivity contribution in [1.82, 2.24) is 0 Å². The van der Waals surface area contributed by atoms with Crippen LogP contribution in [-0.4, -0.2) is 40.2 Å². The molecule has 0 aromatic rings. The molecule has 0 spiro atoms. The zero-order valence-corrected chi connectivity index (χ0v) is 8.11. The third kappa shape index (κ3) is 5.76. The second-order valence-electron chi connectivity index (χ2n) is 2.63. The van der Waals surface area contributed by atoms with Gasteiger partial charge in [-0.2, -0.15) is 0 Å². The predicted molar refractivity (Wildman–Crippen MR) is 44.6 cm³/mol. The van der Waals surface area contributed by atoms with Crippen LogP contribution in [0.4, 0.5) is 0 Å². The number of rotatable bonds is 6. The van der Waals surface area contributed by atoms with E-state index in [-0.39, 0.29) is 19.4 Å². The first kappa shape index (κ1) is 12.6. The lowest BCUT2D eigenvalue weighted by Crippen LogP contribution is -2.16. The van der Waals surface area contributed by atoms with Crippen molar-refractivity contribution in [2.24, 2.45) is 0 Å². The van der Waals surface area contributed by atoms with E-state index in [1.807, 2.05) is 0 Å². The van der Waals surface area contributed by atoms with Crippen LogP contribution in [0.1, 0.15) is 12.8 Å². The second kappa shape index (κ2) is 5.34. The van der Waals surface area contributed by atoms with Gasteiger partial charge in [-0.05, 0) is 6.42 Å². The molecular weight excluding hydrogens is 199 g/mol. The van der Waals surface area contributed by atoms with Crippen LogP contribution in [0, 0.1) is 0 Å². The lowest BCUT2D eigenvalue weighted by Gasteiger charge is -2.15. The van der Waals surface area contributed by atoms with Gasteiger partial charge in [0.05, 0.1) is 12.3 Å². The fourth-order valence-electron chi connectivity index (χ4n) is 0.831. The third-order valence-corrected chi connectivity index (χ3v) is 2.88. The van der Waals surface area contributed by atoms with Crippen LogP contribution >= 0.6 is 7.60 Å². The maximum atomic E-state index is 10.8. The quantitative estimate of drug-likeness (QED) is 0.537. The summed E-state index contributed by atoms with van der Waals surface area (Å²) in [5.41, 5.74) is -1.02. The number of carboxylic acids is 1. The normalized spacial score (nSPS) is 14.1. The first-order valence-electron chi connectivity index (χ1n) is 3.64. The summed E-state index contributed by atoms with van der Waals surface area (Å²) < 4.78 is 15.3. The minimum absolute atomic E-state index is 0.0759. The van der Waals surface area contributed by atoms with E-state index >= 15 is 0 Å². The van der Waals surface area contributed by atoms with Crippen LogP contribution in [0.2, 0.25) is 0 Å². The molecule has 0 aliphatic rings. The molecule has 0 saturated carbocycles. The molecule has 0 saturated heterocycles. The van der Waals surface area contributed by atoms with Gasteiger partial charge >= 0.3 is 13.6 Å². The van der Waals surface area contributed by atoms with Crippen LogP contribution < -0.4 is 0 Å². The summed E-state index contributed by atoms with van der Waals surface area (Å²) in [6.07, 6.45) is -0.341. The van der Waals surface area contributed by atoms with Gasteiger partial charge in [0.25, 0.3) is 0 Å². The molecule has 7 heteroatoms. The number of carbonyl (C=O) groups is 1. The lowest BCUT2D eigenvalue weighted by molar-refractivity contribution is -0.137. The highest BCUT2D eigenvalue weighted by molar-refractivity contribution is 7.52. The average Bonchev–Trinajstić information content (AvgIpc) is 1.95. The summed E-state index contributed by atoms with van der Waals surface area (Å²) in [5, 5.41) is 8.30. The van der Waals surface area contributed by atoms with Crippen molar-refractivity contribution in [2.45, 2.75) is 18.5 Å². The summed E-state index contributed by atoms with van der Waals surface area (Å²) >= 11 is 0. The van der Waals surface area contributed by atoms with Crippen molar-refractivity contribution < 1.29 is 29.0 Å². The van der Waals surface area contributed by atoms with Gasteiger partial charge in [0.1, 0.15) is 0 Å². The Hall–Kier alpha value is -0.420. The van der Waals surface area contributed by atoms with Gasteiger partial charge in [-0.15, -0.1) is 0 Å². The molecule has 6 nitrogen and oxygen atoms in total. The second-order valence-corrected chi connectivity index (χ2v) is 4.54. The number of hydrogen-bond donors (Lipinski definition) is 3. The Morgan fingerprint density at radius 2 is 2.08 bits per heavy atom. The maximum Gasteiger partial charge on any atom is 0.330 e. The molecule has 0 aliphatic carbocycles. The van der Waals surface area contributed by atoms with Crippen molar-refractivity contribution in [1.29, 1.82) is 0 Å². The van der Waals surface area contributed by atoms with E-state index in [1.54, 1.807) is 0 Å². The van der Waals surface area contributed by atoms with Crippen LogP contribution in [0.3, 0.4) is 0 Å². The molecule has 0 radical (unpaired) electrons. The Labute approximate surface area is 75.7 Å². The van der Waals surface area contributed by atoms with Gasteiger partial charge < -0.3 is 19.6 Å². The number of carboxylic acid groups (broad SMARTS) is 1. The van der Waals surface area contributed by atoms with Crippen LogP contribution in [-0.2, 0) is 14.1 Å². The molecule has 0 aliphatic heterocycles. The fourth-order valence-corrected chi connectivity index (χ4v) is 1.64. The van der Waals surface area contributed by atoms with E-state index in [0.29, 0.717) is 0 Å². The Morgan fingerprint density at radius 3 is 2.38 bits per heavy atom. The molecule has 0 fully saturated rings. The Bertz CT molecular complexity index is 209. The van der Waals surface area contributed by atoms with Gasteiger partial charge in [0.15, 0.2) is 0 Å². The van der Waals surface area contributed by atoms with Crippen LogP contribution in [0.15, 0.2) is 0 Å². The third-order valence-electron chi connectivity index (χ3n) is 1.53. The van der Waals surface area contributed by atoms with Crippen LogP contribution in [0.25, 0.3) is 0 Å². The van der Waals surface area contributed by atoms with Gasteiger partial charge in [-0.1, -0.05) is 0 Å². The number of methoxy groups -OCH3 is 1. The highest BCUT2D eigenvalue weighted by atomic mass is 31.2. The first-order valence-corrected chi connectivity index (χ1v) is 5.32. The monoisotopic (exact) mass is 212 g/mol. The highest BCUT2D eigenvalue weighted by Gasteiger charge is 2.28. The SMILES string of the molecule is COCC(CCC(=O)O)P(=O)(O)O. The first-order chi connectivity index (χ1) is 5.88. The van der Waals surface area contributed by atoms with Crippen molar-refractivity contribution in [3.8, 4) is 0 Å². The molecule has 0 amide bonds. The number of ether oxygens (including phenoxy) is 1. The standard InChI is InChI=1S/C6H13O6P/c1-12-4-5(13(9,10)11)2-3-6(7)8/h5H,2-4H2,1H3,(H,7,8)(H2,9,10,11). The minimum atomic E-state index is -4.24. The topological polar surface area (TPSA) is 104 Å². The van der Waals surface area contributed by atoms with E-state index in [4.69, 9.17) is 14.9 Å². The molecule has 3 N–H and O–H groups in total. The van der Waals surface area contributed by atoms with E-state index in [0.717, 1.165) is 0 Å². The molecule has 0 bridgehead atoms. The van der Waals surface area contributed by atoms with Crippen molar-refractivity contribution in [3.63, 3.8) is 0 Å². The van der Waals surface area contributed by atoms with Crippen molar-refractivity contribution in [2.75, 3.05) is 13.7 Å². The summed E-state index contributed by atoms with van der Waals surface area (Å²) in [5.74, 6) is -1.07. The minimum Gasteiger partial charge on any atom is -0.481 e. The average molecular weight is 212 g/mol. The summed E-state index contributed by atoms with van der Waals surface area (Å²) in [4.78, 5) is 27.7. The number of hydrogen-bond acceptors (Lipinski definition) is 3. The Balaban J connectivity index is 4.11. The van der Waals surface area contributed by atoms with E-state index in [9.17, 15) is 9.36 Å². The Kier molecular flexibility index (Phi) is 5.17. The van der Waals surface area contributed by atoms with E-state index in [2.05, 4.69) is 4.74 Å². The zero-order chi connectivity index (χ0) is 10.5. The molecule has 0 heterocycles. The van der Waals surface area contributed by atoms with Gasteiger partial charge in [-0.3, -0.25) is 9.36 Å². The molecule has 0 rings (SSSR count). The molecule has 0 aromatic heterocycles. The molecular formula is C6H13O6P. The fraction of sp³-hybridized carbons (Fsp3) is 0.833. The largest absolute Gasteiger partial charge is 0.481 e. The van der Waals surface area contributed by atoms with E-state index < -0.39 is 19.2 Å². The van der Waals surface area contributed by atoms with Crippen molar-refractivity contribution in [3.05, 3.63) is 0 Å². The summed E-state index contributed by atoms with van der Waals surface area (Å²) in [6.45, 7) is -0.127. The predicted octanol–water partition coefficient (Wildman–Crippen LogP) is 0.0439. The molecule has 1 atom stereocenters. The molecule has 0 aromatic carbocycles. The van der Waals surface area contributed by atoms with Crippen LogP contribution in [0.5, 0.6) is 0 Å². The number of aliphatic carboxylic acids is 1. The smallest absolute Gasteiger partial charge is 0.330 e. The summed E-state index contributed by atoms with van der Waals surface area (Å²) in [7, 11) is -2.93. The van der Waals surface area contributed by atoms with Gasteiger partial charge in [-0.25, -0.2) is 0 Å². The lowest BCUT2D eigenvalue weighted by atomic mass is 10.2. The van der Waals surface area contributed by atoms with E-state index in [1.165, 1.54) is 7.11 Å². The molecule has 1 unspecified atom stereocenters. The van der Waals surface area contributed by atoms with Crippen molar-refractivity contribution >= 4 is 13.6 Å². The van der Waals surface area contributed by atoms with Gasteiger partial charge in [0.2, 0.25) is 0 Å². The zero-order valence-electron chi connectivity index (χ0n) is 7.21. The molecule has 78 valence electrons. The van der Waals surface area contributed by atoms with Gasteiger partial charge in [0, 0.05) is 13.5 Å².